The number of non-ortho nitro benzene ring substituents is 1. The summed E-state index contributed by atoms with van der Waals surface area (Å²) in [5.74, 6) is 0.543. The maximum atomic E-state index is 12.1. The second kappa shape index (κ2) is 8.45. The quantitative estimate of drug-likeness (QED) is 0.367. The number of nitro benzene ring substituents is 1. The van der Waals surface area contributed by atoms with E-state index in [4.69, 9.17) is 0 Å². The highest BCUT2D eigenvalue weighted by Gasteiger charge is 2.12. The van der Waals surface area contributed by atoms with Gasteiger partial charge in [-0.15, -0.1) is 5.10 Å². The summed E-state index contributed by atoms with van der Waals surface area (Å²) in [7, 11) is 0. The predicted octanol–water partition coefficient (Wildman–Crippen LogP) is 3.34. The third kappa shape index (κ3) is 5.14. The molecule has 0 unspecified atom stereocenters. The number of nitrogens with zero attached hydrogens (tertiary/aromatic N) is 3. The number of aromatic amines is 1. The molecule has 8 nitrogen and oxygen atoms in total. The number of carbonyl (C=O) groups is 1. The van der Waals surface area contributed by atoms with E-state index in [1.54, 1.807) is 13.0 Å². The van der Waals surface area contributed by atoms with E-state index < -0.39 is 4.92 Å². The molecular formula is C18H17N5O3S. The molecule has 27 heavy (non-hydrogen) atoms. The second-order valence-electron chi connectivity index (χ2n) is 5.82. The molecule has 0 saturated heterocycles. The maximum Gasteiger partial charge on any atom is 0.271 e. The molecule has 2 aromatic carbocycles. The highest BCUT2D eigenvalue weighted by Crippen LogP contribution is 2.22. The van der Waals surface area contributed by atoms with Crippen LogP contribution >= 0.6 is 11.8 Å². The largest absolute Gasteiger partial charge is 0.325 e. The van der Waals surface area contributed by atoms with Crippen molar-refractivity contribution in [3.63, 3.8) is 0 Å². The minimum Gasteiger partial charge on any atom is -0.325 e. The number of rotatable bonds is 7. The van der Waals surface area contributed by atoms with E-state index in [9.17, 15) is 14.9 Å². The van der Waals surface area contributed by atoms with Gasteiger partial charge in [-0.1, -0.05) is 48.2 Å². The fourth-order valence-corrected chi connectivity index (χ4v) is 3.00. The molecule has 0 aliphatic rings. The summed E-state index contributed by atoms with van der Waals surface area (Å²) < 4.78 is 0. The molecule has 0 aliphatic heterocycles. The Bertz CT molecular complexity index is 959. The van der Waals surface area contributed by atoms with E-state index in [1.165, 1.54) is 23.9 Å². The van der Waals surface area contributed by atoms with Crippen molar-refractivity contribution in [2.45, 2.75) is 18.5 Å². The predicted molar refractivity (Wildman–Crippen MR) is 103 cm³/mol. The molecule has 0 bridgehead atoms. The first-order valence-electron chi connectivity index (χ1n) is 8.14. The number of carbonyl (C=O) groups excluding carboxylic acids is 1. The summed E-state index contributed by atoms with van der Waals surface area (Å²) >= 11 is 1.20. The lowest BCUT2D eigenvalue weighted by atomic mass is 10.1. The van der Waals surface area contributed by atoms with Gasteiger partial charge in [-0.05, 0) is 18.1 Å². The van der Waals surface area contributed by atoms with Crippen LogP contribution in [0.2, 0.25) is 0 Å². The lowest BCUT2D eigenvalue weighted by Crippen LogP contribution is -2.15. The average molecular weight is 383 g/mol. The summed E-state index contributed by atoms with van der Waals surface area (Å²) in [4.78, 5) is 26.9. The summed E-state index contributed by atoms with van der Waals surface area (Å²) in [5, 5.41) is 21.0. The standard InChI is InChI=1S/C18H17N5O3S/c1-12-7-8-14(23(25)26)10-15(12)19-17(24)11-27-18-20-16(21-22-18)9-13-5-3-2-4-6-13/h2-8,10H,9,11H2,1H3,(H,19,24)(H,20,21,22). The number of nitro groups is 1. The number of thioether (sulfide) groups is 1. The first kappa shape index (κ1) is 18.6. The van der Waals surface area contributed by atoms with Crippen LogP contribution in [-0.4, -0.2) is 31.8 Å². The molecule has 1 amide bonds. The molecule has 0 spiro atoms. The van der Waals surface area contributed by atoms with Crippen LogP contribution in [0.3, 0.4) is 0 Å². The van der Waals surface area contributed by atoms with Gasteiger partial charge in [-0.3, -0.25) is 20.0 Å². The third-order valence-corrected chi connectivity index (χ3v) is 4.61. The van der Waals surface area contributed by atoms with Crippen molar-refractivity contribution < 1.29 is 9.72 Å². The number of nitrogens with one attached hydrogen (secondary N) is 2. The summed E-state index contributed by atoms with van der Waals surface area (Å²) in [6, 6.07) is 14.2. The van der Waals surface area contributed by atoms with E-state index in [0.29, 0.717) is 17.3 Å². The third-order valence-electron chi connectivity index (χ3n) is 3.76. The SMILES string of the molecule is Cc1ccc([N+](=O)[O-])cc1NC(=O)CSc1n[nH]c(Cc2ccccc2)n1. The van der Waals surface area contributed by atoms with Crippen LogP contribution in [0.1, 0.15) is 17.0 Å². The Morgan fingerprint density at radius 2 is 2.04 bits per heavy atom. The molecule has 9 heteroatoms. The summed E-state index contributed by atoms with van der Waals surface area (Å²) in [5.41, 5.74) is 2.23. The van der Waals surface area contributed by atoms with Crippen LogP contribution in [0.5, 0.6) is 0 Å². The molecule has 1 aromatic heterocycles. The Kier molecular flexibility index (Phi) is 5.82. The summed E-state index contributed by atoms with van der Waals surface area (Å²) in [6.07, 6.45) is 0.632. The van der Waals surface area contributed by atoms with E-state index in [2.05, 4.69) is 20.5 Å². The Morgan fingerprint density at radius 3 is 2.78 bits per heavy atom. The van der Waals surface area contributed by atoms with Crippen LogP contribution in [0, 0.1) is 17.0 Å². The van der Waals surface area contributed by atoms with Crippen molar-refractivity contribution in [1.29, 1.82) is 0 Å². The number of hydrogen-bond donors (Lipinski definition) is 2. The van der Waals surface area contributed by atoms with Crippen molar-refractivity contribution in [2.24, 2.45) is 0 Å². The number of H-pyrrole nitrogens is 1. The minimum absolute atomic E-state index is 0.0666. The van der Waals surface area contributed by atoms with Gasteiger partial charge >= 0.3 is 0 Å². The molecule has 3 aromatic rings. The van der Waals surface area contributed by atoms with Gasteiger partial charge in [0, 0.05) is 18.6 Å². The summed E-state index contributed by atoms with van der Waals surface area (Å²) in [6.45, 7) is 1.78. The Hall–Kier alpha value is -3.20. The highest BCUT2D eigenvalue weighted by molar-refractivity contribution is 7.99. The molecule has 2 N–H and O–H groups in total. The molecule has 0 atom stereocenters. The van der Waals surface area contributed by atoms with Gasteiger partial charge in [-0.2, -0.15) is 0 Å². The van der Waals surface area contributed by atoms with E-state index >= 15 is 0 Å². The van der Waals surface area contributed by atoms with Crippen LogP contribution < -0.4 is 5.32 Å². The molecule has 3 rings (SSSR count). The molecule has 0 radical (unpaired) electrons. The molecule has 0 aliphatic carbocycles. The molecular weight excluding hydrogens is 366 g/mol. The second-order valence-corrected chi connectivity index (χ2v) is 6.76. The van der Waals surface area contributed by atoms with E-state index in [1.807, 2.05) is 30.3 Å². The smallest absolute Gasteiger partial charge is 0.271 e. The van der Waals surface area contributed by atoms with Crippen LogP contribution in [0.25, 0.3) is 0 Å². The fourth-order valence-electron chi connectivity index (χ4n) is 2.39. The van der Waals surface area contributed by atoms with Crippen molar-refractivity contribution in [3.05, 3.63) is 75.6 Å². The van der Waals surface area contributed by atoms with Crippen LogP contribution in [-0.2, 0) is 11.2 Å². The monoisotopic (exact) mass is 383 g/mol. The number of anilines is 1. The number of amides is 1. The van der Waals surface area contributed by atoms with Crippen molar-refractivity contribution in [3.8, 4) is 0 Å². The van der Waals surface area contributed by atoms with Gasteiger partial charge in [0.2, 0.25) is 11.1 Å². The average Bonchev–Trinajstić information content (AvgIpc) is 3.10. The zero-order valence-electron chi connectivity index (χ0n) is 14.5. The molecule has 1 heterocycles. The number of hydrogen-bond acceptors (Lipinski definition) is 6. The van der Waals surface area contributed by atoms with Gasteiger partial charge in [0.05, 0.1) is 16.4 Å². The zero-order valence-corrected chi connectivity index (χ0v) is 15.3. The first-order chi connectivity index (χ1) is 13.0. The van der Waals surface area contributed by atoms with Gasteiger partial charge in [0.15, 0.2) is 0 Å². The molecule has 0 fully saturated rings. The number of aromatic nitrogens is 3. The number of benzene rings is 2. The van der Waals surface area contributed by atoms with Crippen molar-refractivity contribution >= 4 is 29.0 Å². The Balaban J connectivity index is 1.55. The lowest BCUT2D eigenvalue weighted by molar-refractivity contribution is -0.384. The van der Waals surface area contributed by atoms with Gasteiger partial charge in [0.25, 0.3) is 5.69 Å². The van der Waals surface area contributed by atoms with Crippen molar-refractivity contribution in [1.82, 2.24) is 15.2 Å². The lowest BCUT2D eigenvalue weighted by Gasteiger charge is -2.07. The van der Waals surface area contributed by atoms with Gasteiger partial charge < -0.3 is 5.32 Å². The molecule has 138 valence electrons. The Labute approximate surface area is 159 Å². The van der Waals surface area contributed by atoms with Crippen LogP contribution in [0.4, 0.5) is 11.4 Å². The molecule has 0 saturated carbocycles. The highest BCUT2D eigenvalue weighted by atomic mass is 32.2. The van der Waals surface area contributed by atoms with E-state index in [-0.39, 0.29) is 17.3 Å². The van der Waals surface area contributed by atoms with Gasteiger partial charge in [0.1, 0.15) is 5.82 Å². The van der Waals surface area contributed by atoms with Gasteiger partial charge in [-0.25, -0.2) is 4.98 Å². The van der Waals surface area contributed by atoms with E-state index in [0.717, 1.165) is 17.0 Å². The fraction of sp³-hybridized carbons (Fsp3) is 0.167. The van der Waals surface area contributed by atoms with Crippen molar-refractivity contribution in [2.75, 3.05) is 11.1 Å². The van der Waals surface area contributed by atoms with Crippen LogP contribution in [0.15, 0.2) is 53.7 Å². The maximum absolute atomic E-state index is 12.1. The topological polar surface area (TPSA) is 114 Å². The normalized spacial score (nSPS) is 10.6. The Morgan fingerprint density at radius 1 is 1.26 bits per heavy atom. The minimum atomic E-state index is -0.494. The first-order valence-corrected chi connectivity index (χ1v) is 9.13. The zero-order chi connectivity index (χ0) is 19.2. The number of aryl methyl sites for hydroxylation is 1.